The number of phenols is 4. The van der Waals surface area contributed by atoms with E-state index in [2.05, 4.69) is 0 Å². The van der Waals surface area contributed by atoms with Gasteiger partial charge in [0.1, 0.15) is 23.0 Å². The third-order valence-corrected chi connectivity index (χ3v) is 6.14. The van der Waals surface area contributed by atoms with E-state index >= 15 is 0 Å². The smallest absolute Gasteiger partial charge is 0.343 e. The van der Waals surface area contributed by atoms with E-state index in [0.717, 1.165) is 0 Å². The van der Waals surface area contributed by atoms with Crippen molar-refractivity contribution in [2.24, 2.45) is 5.92 Å². The maximum absolute atomic E-state index is 13.0. The van der Waals surface area contributed by atoms with Gasteiger partial charge in [0, 0.05) is 18.1 Å². The van der Waals surface area contributed by atoms with Crippen molar-refractivity contribution in [1.29, 1.82) is 0 Å². The molecular weight excluding hydrogens is 520 g/mol. The summed E-state index contributed by atoms with van der Waals surface area (Å²) in [6, 6.07) is 10.6. The first-order valence-electron chi connectivity index (χ1n) is 12.1. The van der Waals surface area contributed by atoms with Crippen LogP contribution in [-0.4, -0.2) is 30.6 Å². The first-order valence-corrected chi connectivity index (χ1v) is 12.1. The Balaban J connectivity index is 1.68. The zero-order valence-electron chi connectivity index (χ0n) is 21.4. The minimum atomic E-state index is -1.08. The molecule has 40 heavy (non-hydrogen) atoms. The van der Waals surface area contributed by atoms with Crippen LogP contribution in [-0.2, 0) is 0 Å². The number of rotatable bonds is 7. The molecule has 6 N–H and O–H groups in total. The monoisotopic (exact) mass is 546 g/mol. The molecular formula is C30H26O10. The fourth-order valence-corrected chi connectivity index (χ4v) is 4.21. The summed E-state index contributed by atoms with van der Waals surface area (Å²) in [6.45, 7) is 3.39. The van der Waals surface area contributed by atoms with Gasteiger partial charge in [-0.15, -0.1) is 0 Å². The van der Waals surface area contributed by atoms with E-state index in [1.54, 1.807) is 13.8 Å². The predicted molar refractivity (Wildman–Crippen MR) is 147 cm³/mol. The fraction of sp³-hybridized carbons (Fsp3) is 0.133. The lowest BCUT2D eigenvalue weighted by atomic mass is 9.83. The zero-order valence-corrected chi connectivity index (χ0v) is 21.4. The average molecular weight is 547 g/mol. The van der Waals surface area contributed by atoms with Gasteiger partial charge < -0.3 is 39.5 Å². The Morgan fingerprint density at radius 1 is 0.550 bits per heavy atom. The second-order valence-electron chi connectivity index (χ2n) is 9.35. The molecule has 2 aromatic heterocycles. The van der Waals surface area contributed by atoms with Gasteiger partial charge in [-0.3, -0.25) is 0 Å². The molecule has 0 unspecified atom stereocenters. The highest BCUT2D eigenvalue weighted by molar-refractivity contribution is 5.70. The maximum atomic E-state index is 13.0. The molecule has 0 aliphatic heterocycles. The summed E-state index contributed by atoms with van der Waals surface area (Å²) in [5, 5.41) is 59.7. The van der Waals surface area contributed by atoms with E-state index in [1.165, 1.54) is 72.8 Å². The fourth-order valence-electron chi connectivity index (χ4n) is 4.21. The molecule has 206 valence electrons. The number of hydrogen-bond donors (Lipinski definition) is 6. The number of hydrogen-bond acceptors (Lipinski definition) is 10. The van der Waals surface area contributed by atoms with Crippen LogP contribution in [0.1, 0.15) is 53.5 Å². The third-order valence-electron chi connectivity index (χ3n) is 6.14. The van der Waals surface area contributed by atoms with Crippen molar-refractivity contribution in [3.8, 4) is 34.5 Å². The van der Waals surface area contributed by atoms with Gasteiger partial charge in [0.15, 0.2) is 23.0 Å². The summed E-state index contributed by atoms with van der Waals surface area (Å²) >= 11 is 0. The standard InChI is InChI=1S/C30H26O10/c1-15(2)26(27-24(35)13-18(39-29(27)37)7-3-16-5-9-20(31)22(33)11-16)28-25(36)14-19(40-30(28)38)8-4-17-6-10-21(32)23(34)12-17/h3-15,26,31-36H,1-2H3. The Morgan fingerprint density at radius 2 is 0.950 bits per heavy atom. The molecule has 2 heterocycles. The van der Waals surface area contributed by atoms with Gasteiger partial charge in [-0.25, -0.2) is 9.59 Å². The van der Waals surface area contributed by atoms with Crippen molar-refractivity contribution in [1.82, 2.24) is 0 Å². The first-order chi connectivity index (χ1) is 18.9. The summed E-state index contributed by atoms with van der Waals surface area (Å²) < 4.78 is 10.7. The molecule has 0 aliphatic rings. The van der Waals surface area contributed by atoms with Gasteiger partial charge in [0.05, 0.1) is 11.1 Å². The van der Waals surface area contributed by atoms with Crippen molar-refractivity contribution in [2.45, 2.75) is 19.8 Å². The summed E-state index contributed by atoms with van der Waals surface area (Å²) in [5.41, 5.74) is -1.36. The molecule has 0 saturated heterocycles. The lowest BCUT2D eigenvalue weighted by Crippen LogP contribution is -2.24. The topological polar surface area (TPSA) is 182 Å². The van der Waals surface area contributed by atoms with Crippen LogP contribution in [0.2, 0.25) is 0 Å². The molecule has 4 aromatic rings. The quantitative estimate of drug-likeness (QED) is 0.173. The molecule has 0 aliphatic carbocycles. The molecule has 0 bridgehead atoms. The van der Waals surface area contributed by atoms with Crippen molar-refractivity contribution in [2.75, 3.05) is 0 Å². The molecule has 10 nitrogen and oxygen atoms in total. The molecule has 0 atom stereocenters. The van der Waals surface area contributed by atoms with Crippen LogP contribution in [0.15, 0.2) is 67.0 Å². The van der Waals surface area contributed by atoms with Crippen molar-refractivity contribution in [3.63, 3.8) is 0 Å². The molecule has 4 rings (SSSR count). The Kier molecular flexibility index (Phi) is 7.71. The predicted octanol–water partition coefficient (Wildman–Crippen LogP) is 4.96. The van der Waals surface area contributed by atoms with Gasteiger partial charge in [-0.1, -0.05) is 38.1 Å². The van der Waals surface area contributed by atoms with Gasteiger partial charge >= 0.3 is 11.3 Å². The van der Waals surface area contributed by atoms with E-state index in [-0.39, 0.29) is 45.6 Å². The van der Waals surface area contributed by atoms with Gasteiger partial charge in [0.2, 0.25) is 0 Å². The first kappa shape index (κ1) is 27.6. The van der Waals surface area contributed by atoms with Crippen molar-refractivity contribution < 1.29 is 39.5 Å². The zero-order chi connectivity index (χ0) is 29.1. The summed E-state index contributed by atoms with van der Waals surface area (Å²) in [7, 11) is 0. The van der Waals surface area contributed by atoms with Crippen LogP contribution < -0.4 is 11.3 Å². The highest BCUT2D eigenvalue weighted by Gasteiger charge is 2.31. The van der Waals surface area contributed by atoms with Crippen LogP contribution in [0.3, 0.4) is 0 Å². The van der Waals surface area contributed by atoms with Gasteiger partial charge in [0.25, 0.3) is 0 Å². The lowest BCUT2D eigenvalue weighted by Gasteiger charge is -2.21. The summed E-state index contributed by atoms with van der Waals surface area (Å²) in [6.07, 6.45) is 5.73. The van der Waals surface area contributed by atoms with Gasteiger partial charge in [-0.2, -0.15) is 0 Å². The molecule has 0 fully saturated rings. The summed E-state index contributed by atoms with van der Waals surface area (Å²) in [4.78, 5) is 26.0. The normalized spacial score (nSPS) is 12.5. The Bertz CT molecular complexity index is 1620. The van der Waals surface area contributed by atoms with Crippen molar-refractivity contribution in [3.05, 3.63) is 103 Å². The van der Waals surface area contributed by atoms with Crippen LogP contribution in [0.25, 0.3) is 24.3 Å². The highest BCUT2D eigenvalue weighted by atomic mass is 16.4. The number of aromatic hydroxyl groups is 6. The van der Waals surface area contributed by atoms with E-state index in [1.807, 2.05) is 0 Å². The Hall–Kier alpha value is -5.38. The lowest BCUT2D eigenvalue weighted by molar-refractivity contribution is 0.389. The maximum Gasteiger partial charge on any atom is 0.343 e. The third kappa shape index (κ3) is 5.86. The SMILES string of the molecule is CC(C)C(c1c(O)cc(C=Cc2ccc(O)c(O)c2)oc1=O)c1c(O)cc(C=Cc2ccc(O)c(O)c2)oc1=O. The van der Waals surface area contributed by atoms with Crippen LogP contribution in [0.4, 0.5) is 0 Å². The van der Waals surface area contributed by atoms with Crippen LogP contribution >= 0.6 is 0 Å². The molecule has 0 spiro atoms. The van der Waals surface area contributed by atoms with E-state index < -0.39 is 34.6 Å². The van der Waals surface area contributed by atoms with Crippen LogP contribution in [0, 0.1) is 5.92 Å². The molecule has 10 heteroatoms. The van der Waals surface area contributed by atoms with E-state index in [4.69, 9.17) is 8.83 Å². The van der Waals surface area contributed by atoms with E-state index in [9.17, 15) is 40.2 Å². The number of benzene rings is 2. The van der Waals surface area contributed by atoms with Crippen molar-refractivity contribution >= 4 is 24.3 Å². The largest absolute Gasteiger partial charge is 0.507 e. The van der Waals surface area contributed by atoms with Crippen LogP contribution in [0.5, 0.6) is 34.5 Å². The summed E-state index contributed by atoms with van der Waals surface area (Å²) in [5.74, 6) is -3.73. The average Bonchev–Trinajstić information content (AvgIpc) is 2.88. The molecule has 0 amide bonds. The molecule has 0 radical (unpaired) electrons. The van der Waals surface area contributed by atoms with E-state index in [0.29, 0.717) is 11.1 Å². The van der Waals surface area contributed by atoms with Gasteiger partial charge in [-0.05, 0) is 53.5 Å². The number of phenolic OH excluding ortho intramolecular Hbond substituents is 4. The Morgan fingerprint density at radius 3 is 1.27 bits per heavy atom. The minimum absolute atomic E-state index is 0.0154. The minimum Gasteiger partial charge on any atom is -0.507 e. The second kappa shape index (κ2) is 11.2. The molecule has 0 saturated carbocycles. The highest BCUT2D eigenvalue weighted by Crippen LogP contribution is 2.38. The Labute approximate surface area is 227 Å². The molecule has 2 aromatic carbocycles. The second-order valence-corrected chi connectivity index (χ2v) is 9.35.